The van der Waals surface area contributed by atoms with Crippen LogP contribution < -0.4 is 10.6 Å². The van der Waals surface area contributed by atoms with Crippen molar-refractivity contribution >= 4 is 39.8 Å². The van der Waals surface area contributed by atoms with Crippen LogP contribution in [0.2, 0.25) is 0 Å². The van der Waals surface area contributed by atoms with E-state index >= 15 is 0 Å². The number of nitrogens with zero attached hydrogens (tertiary/aromatic N) is 1. The van der Waals surface area contributed by atoms with E-state index in [1.165, 1.54) is 0 Å². The van der Waals surface area contributed by atoms with Gasteiger partial charge in [-0.05, 0) is 38.8 Å². The number of hydrogen-bond acceptors (Lipinski definition) is 4. The van der Waals surface area contributed by atoms with E-state index < -0.39 is 9.84 Å². The van der Waals surface area contributed by atoms with Crippen molar-refractivity contribution in [2.75, 3.05) is 38.6 Å². The van der Waals surface area contributed by atoms with Crippen molar-refractivity contribution in [3.05, 3.63) is 30.3 Å². The number of guanidine groups is 1. The summed E-state index contributed by atoms with van der Waals surface area (Å²) in [6.45, 7) is 7.20. The molecular weight excluding hydrogens is 453 g/mol. The predicted molar refractivity (Wildman–Crippen MR) is 114 cm³/mol. The van der Waals surface area contributed by atoms with Crippen LogP contribution in [0, 0.1) is 0 Å². The molecule has 1 rings (SSSR count). The van der Waals surface area contributed by atoms with Crippen molar-refractivity contribution in [3.8, 4) is 0 Å². The Balaban J connectivity index is 0.00000576. The lowest BCUT2D eigenvalue weighted by atomic mass is 10.3. The number of unbranched alkanes of at least 4 members (excludes halogenated alkanes) is 1. The van der Waals surface area contributed by atoms with Crippen LogP contribution in [-0.2, 0) is 14.6 Å². The summed E-state index contributed by atoms with van der Waals surface area (Å²) in [4.78, 5) is 4.80. The minimum atomic E-state index is -3.27. The van der Waals surface area contributed by atoms with Crippen molar-refractivity contribution in [1.82, 2.24) is 10.6 Å². The number of hydrogen-bond donors (Lipinski definition) is 2. The molecule has 2 N–H and O–H groups in total. The van der Waals surface area contributed by atoms with Gasteiger partial charge < -0.3 is 15.4 Å². The van der Waals surface area contributed by atoms with Gasteiger partial charge in [0.2, 0.25) is 0 Å². The lowest BCUT2D eigenvalue weighted by Gasteiger charge is -2.11. The Morgan fingerprint density at radius 3 is 2.48 bits per heavy atom. The number of nitrogens with one attached hydrogen (secondary N) is 2. The van der Waals surface area contributed by atoms with E-state index in [0.717, 1.165) is 32.6 Å². The van der Waals surface area contributed by atoms with Crippen molar-refractivity contribution in [2.24, 2.45) is 4.99 Å². The van der Waals surface area contributed by atoms with Gasteiger partial charge in [-0.25, -0.2) is 8.42 Å². The zero-order valence-electron chi connectivity index (χ0n) is 15.0. The van der Waals surface area contributed by atoms with Gasteiger partial charge >= 0.3 is 0 Å². The van der Waals surface area contributed by atoms with Gasteiger partial charge in [-0.2, -0.15) is 0 Å². The first-order valence-electron chi connectivity index (χ1n) is 8.48. The monoisotopic (exact) mass is 483 g/mol. The lowest BCUT2D eigenvalue weighted by Crippen LogP contribution is -2.39. The van der Waals surface area contributed by atoms with Gasteiger partial charge in [-0.3, -0.25) is 4.99 Å². The van der Waals surface area contributed by atoms with Crippen LogP contribution in [0.5, 0.6) is 0 Å². The number of benzene rings is 1. The maximum atomic E-state index is 12.2. The van der Waals surface area contributed by atoms with Gasteiger partial charge in [-0.15, -0.1) is 24.0 Å². The third-order valence-electron chi connectivity index (χ3n) is 3.28. The molecule has 0 aliphatic rings. The molecule has 0 saturated carbocycles. The summed E-state index contributed by atoms with van der Waals surface area (Å²) in [5.41, 5.74) is 0. The fourth-order valence-corrected chi connectivity index (χ4v) is 3.22. The SMILES string of the molecule is CCNC(=NCCCCOCC)NCCS(=O)(=O)c1ccccc1.I. The summed E-state index contributed by atoms with van der Waals surface area (Å²) in [6.07, 6.45) is 1.91. The van der Waals surface area contributed by atoms with Gasteiger partial charge in [0, 0.05) is 32.8 Å². The van der Waals surface area contributed by atoms with Crippen molar-refractivity contribution in [1.29, 1.82) is 0 Å². The quantitative estimate of drug-likeness (QED) is 0.219. The Labute approximate surface area is 168 Å². The molecule has 0 spiro atoms. The molecule has 0 saturated heterocycles. The van der Waals surface area contributed by atoms with E-state index in [0.29, 0.717) is 23.9 Å². The van der Waals surface area contributed by atoms with Crippen molar-refractivity contribution in [3.63, 3.8) is 0 Å². The summed E-state index contributed by atoms with van der Waals surface area (Å²) in [5, 5.41) is 6.20. The number of halogens is 1. The highest BCUT2D eigenvalue weighted by Crippen LogP contribution is 2.09. The third-order valence-corrected chi connectivity index (χ3v) is 5.01. The zero-order valence-corrected chi connectivity index (χ0v) is 18.2. The molecule has 0 radical (unpaired) electrons. The maximum absolute atomic E-state index is 12.2. The molecule has 1 aromatic rings. The average Bonchev–Trinajstić information content (AvgIpc) is 2.58. The van der Waals surface area contributed by atoms with E-state index in [2.05, 4.69) is 15.6 Å². The Morgan fingerprint density at radius 2 is 1.84 bits per heavy atom. The van der Waals surface area contributed by atoms with E-state index in [4.69, 9.17) is 4.74 Å². The van der Waals surface area contributed by atoms with Gasteiger partial charge in [0.15, 0.2) is 15.8 Å². The molecule has 1 aromatic carbocycles. The summed E-state index contributed by atoms with van der Waals surface area (Å²) in [6, 6.07) is 8.50. The highest BCUT2D eigenvalue weighted by molar-refractivity contribution is 14.0. The van der Waals surface area contributed by atoms with Crippen LogP contribution in [0.4, 0.5) is 0 Å². The normalized spacial score (nSPS) is 11.7. The van der Waals surface area contributed by atoms with Crippen LogP contribution in [0.3, 0.4) is 0 Å². The van der Waals surface area contributed by atoms with E-state index in [1.54, 1.807) is 30.3 Å². The second-order valence-electron chi connectivity index (χ2n) is 5.22. The molecule has 0 amide bonds. The smallest absolute Gasteiger partial charge is 0.191 e. The van der Waals surface area contributed by atoms with Gasteiger partial charge in [0.1, 0.15) is 0 Å². The highest BCUT2D eigenvalue weighted by Gasteiger charge is 2.13. The molecule has 0 aliphatic heterocycles. The maximum Gasteiger partial charge on any atom is 0.191 e. The van der Waals surface area contributed by atoms with Gasteiger partial charge in [0.05, 0.1) is 10.6 Å². The molecule has 144 valence electrons. The fourth-order valence-electron chi connectivity index (χ4n) is 2.04. The molecule has 25 heavy (non-hydrogen) atoms. The molecule has 0 fully saturated rings. The molecule has 8 heteroatoms. The summed E-state index contributed by atoms with van der Waals surface area (Å²) < 4.78 is 29.7. The number of sulfone groups is 1. The summed E-state index contributed by atoms with van der Waals surface area (Å²) in [5.74, 6) is 0.684. The molecule has 0 atom stereocenters. The molecule has 0 bridgehead atoms. The summed E-state index contributed by atoms with van der Waals surface area (Å²) >= 11 is 0. The molecule has 0 heterocycles. The summed E-state index contributed by atoms with van der Waals surface area (Å²) in [7, 11) is -3.27. The lowest BCUT2D eigenvalue weighted by molar-refractivity contribution is 0.144. The number of ether oxygens (including phenoxy) is 1. The van der Waals surface area contributed by atoms with Crippen molar-refractivity contribution < 1.29 is 13.2 Å². The topological polar surface area (TPSA) is 79.8 Å². The number of aliphatic imine (C=N–C) groups is 1. The van der Waals surface area contributed by atoms with Crippen LogP contribution in [0.1, 0.15) is 26.7 Å². The van der Waals surface area contributed by atoms with Crippen molar-refractivity contribution in [2.45, 2.75) is 31.6 Å². The van der Waals surface area contributed by atoms with Crippen LogP contribution in [-0.4, -0.2) is 53.0 Å². The first kappa shape index (κ1) is 24.1. The predicted octanol–water partition coefficient (Wildman–Crippen LogP) is 2.45. The molecule has 0 aliphatic carbocycles. The number of rotatable bonds is 11. The minimum Gasteiger partial charge on any atom is -0.382 e. The van der Waals surface area contributed by atoms with E-state index in [9.17, 15) is 8.42 Å². The van der Waals surface area contributed by atoms with Gasteiger partial charge in [-0.1, -0.05) is 18.2 Å². The first-order valence-corrected chi connectivity index (χ1v) is 10.1. The van der Waals surface area contributed by atoms with E-state index in [-0.39, 0.29) is 29.7 Å². The Hall–Kier alpha value is -0.870. The fraction of sp³-hybridized carbons (Fsp3) is 0.588. The van der Waals surface area contributed by atoms with E-state index in [1.807, 2.05) is 13.8 Å². The first-order chi connectivity index (χ1) is 11.6. The Bertz CT molecular complexity index is 580. The van der Waals surface area contributed by atoms with Crippen LogP contribution in [0.15, 0.2) is 40.2 Å². The Morgan fingerprint density at radius 1 is 1.12 bits per heavy atom. The second kappa shape index (κ2) is 14.3. The highest BCUT2D eigenvalue weighted by atomic mass is 127. The standard InChI is InChI=1S/C17H29N3O3S.HI/c1-3-18-17(19-12-8-9-14-23-4-2)20-13-15-24(21,22)16-10-6-5-7-11-16;/h5-7,10-11H,3-4,8-9,12-15H2,1-2H3,(H2,18,19,20);1H. The van der Waals surface area contributed by atoms with Crippen LogP contribution >= 0.6 is 24.0 Å². The molecule has 0 aromatic heterocycles. The largest absolute Gasteiger partial charge is 0.382 e. The van der Waals surface area contributed by atoms with Crippen LogP contribution in [0.25, 0.3) is 0 Å². The molecule has 0 unspecified atom stereocenters. The average molecular weight is 483 g/mol. The second-order valence-corrected chi connectivity index (χ2v) is 7.33. The zero-order chi connectivity index (χ0) is 17.7. The molecule has 6 nitrogen and oxygen atoms in total. The van der Waals surface area contributed by atoms with Gasteiger partial charge in [0.25, 0.3) is 0 Å². The minimum absolute atomic E-state index is 0. The Kier molecular flexibility index (Phi) is 13.8. The molecular formula is C17H30IN3O3S. The third kappa shape index (κ3) is 10.7.